The average molecular weight is 361 g/mol. The topological polar surface area (TPSA) is 84.5 Å². The molecule has 130 valence electrons. The molecule has 0 aromatic heterocycles. The van der Waals surface area contributed by atoms with Gasteiger partial charge in [-0.05, 0) is 44.7 Å². The molecular formula is C15H24N2O4S2. The molecule has 8 heteroatoms. The van der Waals surface area contributed by atoms with Gasteiger partial charge in [0.25, 0.3) is 0 Å². The first-order chi connectivity index (χ1) is 10.8. The Morgan fingerprint density at radius 1 is 1.35 bits per heavy atom. The normalized spacial score (nSPS) is 11.7. The molecule has 0 fully saturated rings. The minimum Gasteiger partial charge on any atom is -0.379 e. The molecule has 0 atom stereocenters. The quantitative estimate of drug-likeness (QED) is 0.522. The zero-order chi connectivity index (χ0) is 17.5. The first-order valence-corrected chi connectivity index (χ1v) is 10.0. The number of benzene rings is 1. The zero-order valence-corrected chi connectivity index (χ0v) is 15.5. The van der Waals surface area contributed by atoms with E-state index in [2.05, 4.69) is 10.0 Å². The van der Waals surface area contributed by atoms with Crippen molar-refractivity contribution in [1.29, 1.82) is 0 Å². The van der Waals surface area contributed by atoms with Gasteiger partial charge in [-0.15, -0.1) is 11.8 Å². The molecule has 0 unspecified atom stereocenters. The average Bonchev–Trinajstić information content (AvgIpc) is 2.45. The molecular weight excluding hydrogens is 336 g/mol. The first-order valence-electron chi connectivity index (χ1n) is 7.33. The van der Waals surface area contributed by atoms with E-state index < -0.39 is 10.0 Å². The van der Waals surface area contributed by atoms with E-state index in [1.807, 2.05) is 20.1 Å². The van der Waals surface area contributed by atoms with Crippen LogP contribution in [0.2, 0.25) is 0 Å². The van der Waals surface area contributed by atoms with Crippen molar-refractivity contribution in [3.63, 3.8) is 0 Å². The SMILES string of the molecule is CSc1ccc(S(=O)(=O)NCCCOC(C)C)cc1NC(C)=O. The molecule has 6 nitrogen and oxygen atoms in total. The van der Waals surface area contributed by atoms with Crippen molar-refractivity contribution in [2.75, 3.05) is 24.7 Å². The van der Waals surface area contributed by atoms with Gasteiger partial charge < -0.3 is 10.1 Å². The van der Waals surface area contributed by atoms with Crippen molar-refractivity contribution in [3.05, 3.63) is 18.2 Å². The second-order valence-electron chi connectivity index (χ2n) is 5.21. The van der Waals surface area contributed by atoms with Gasteiger partial charge in [0, 0.05) is 25.0 Å². The van der Waals surface area contributed by atoms with Gasteiger partial charge in [0.1, 0.15) is 0 Å². The highest BCUT2D eigenvalue weighted by Gasteiger charge is 2.16. The number of amides is 1. The number of sulfonamides is 1. The molecule has 0 aliphatic heterocycles. The Morgan fingerprint density at radius 3 is 2.61 bits per heavy atom. The van der Waals surface area contributed by atoms with Crippen LogP contribution in [-0.2, 0) is 19.6 Å². The van der Waals surface area contributed by atoms with Gasteiger partial charge in [-0.25, -0.2) is 13.1 Å². The Labute approximate surface area is 142 Å². The van der Waals surface area contributed by atoms with E-state index in [1.165, 1.54) is 30.8 Å². The molecule has 1 rings (SSSR count). The maximum absolute atomic E-state index is 12.3. The molecule has 1 amide bonds. The summed E-state index contributed by atoms with van der Waals surface area (Å²) in [6.07, 6.45) is 2.59. The molecule has 0 saturated heterocycles. The molecule has 2 N–H and O–H groups in total. The Kier molecular flexibility index (Phi) is 8.04. The molecule has 1 aromatic carbocycles. The predicted molar refractivity (Wildman–Crippen MR) is 93.4 cm³/mol. The Bertz CT molecular complexity index is 630. The third-order valence-corrected chi connectivity index (χ3v) is 5.11. The minimum atomic E-state index is -3.61. The second-order valence-corrected chi connectivity index (χ2v) is 7.83. The van der Waals surface area contributed by atoms with Gasteiger partial charge in [-0.3, -0.25) is 4.79 Å². The van der Waals surface area contributed by atoms with E-state index in [9.17, 15) is 13.2 Å². The fourth-order valence-electron chi connectivity index (χ4n) is 1.82. The summed E-state index contributed by atoms with van der Waals surface area (Å²) in [5, 5.41) is 2.65. The Morgan fingerprint density at radius 2 is 2.04 bits per heavy atom. The number of hydrogen-bond acceptors (Lipinski definition) is 5. The van der Waals surface area contributed by atoms with Crippen LogP contribution >= 0.6 is 11.8 Å². The summed E-state index contributed by atoms with van der Waals surface area (Å²) in [6, 6.07) is 4.69. The number of anilines is 1. The summed E-state index contributed by atoms with van der Waals surface area (Å²) in [5.41, 5.74) is 0.496. The van der Waals surface area contributed by atoms with E-state index in [0.29, 0.717) is 25.3 Å². The van der Waals surface area contributed by atoms with Crippen molar-refractivity contribution in [2.45, 2.75) is 43.1 Å². The summed E-state index contributed by atoms with van der Waals surface area (Å²) in [7, 11) is -3.61. The van der Waals surface area contributed by atoms with Crippen molar-refractivity contribution in [1.82, 2.24) is 4.72 Å². The van der Waals surface area contributed by atoms with Gasteiger partial charge in [0.05, 0.1) is 16.7 Å². The molecule has 0 spiro atoms. The van der Waals surface area contributed by atoms with E-state index in [4.69, 9.17) is 4.74 Å². The largest absolute Gasteiger partial charge is 0.379 e. The number of nitrogens with one attached hydrogen (secondary N) is 2. The summed E-state index contributed by atoms with van der Waals surface area (Å²) in [5.74, 6) is -0.242. The van der Waals surface area contributed by atoms with Crippen LogP contribution in [0.15, 0.2) is 28.0 Å². The number of carbonyl (C=O) groups excluding carboxylic acids is 1. The maximum Gasteiger partial charge on any atom is 0.240 e. The fourth-order valence-corrected chi connectivity index (χ4v) is 3.46. The van der Waals surface area contributed by atoms with Crippen LogP contribution in [-0.4, -0.2) is 39.8 Å². The maximum atomic E-state index is 12.3. The van der Waals surface area contributed by atoms with E-state index in [0.717, 1.165) is 4.90 Å². The Hall–Kier alpha value is -1.09. The van der Waals surface area contributed by atoms with E-state index >= 15 is 0 Å². The van der Waals surface area contributed by atoms with Crippen LogP contribution in [0.5, 0.6) is 0 Å². The number of hydrogen-bond donors (Lipinski definition) is 2. The number of ether oxygens (including phenoxy) is 1. The molecule has 0 saturated carbocycles. The summed E-state index contributed by atoms with van der Waals surface area (Å²) in [4.78, 5) is 12.2. The highest BCUT2D eigenvalue weighted by molar-refractivity contribution is 7.98. The molecule has 0 aliphatic rings. The molecule has 1 aromatic rings. The van der Waals surface area contributed by atoms with Gasteiger partial charge in [-0.2, -0.15) is 0 Å². The van der Waals surface area contributed by atoms with Gasteiger partial charge in [-0.1, -0.05) is 0 Å². The van der Waals surface area contributed by atoms with Gasteiger partial charge in [0.2, 0.25) is 15.9 Å². The fraction of sp³-hybridized carbons (Fsp3) is 0.533. The second kappa shape index (κ2) is 9.27. The lowest BCUT2D eigenvalue weighted by atomic mass is 10.3. The van der Waals surface area contributed by atoms with Crippen LogP contribution < -0.4 is 10.0 Å². The number of carbonyl (C=O) groups is 1. The molecule has 0 bridgehead atoms. The smallest absolute Gasteiger partial charge is 0.240 e. The first kappa shape index (κ1) is 20.0. The predicted octanol–water partition coefficient (Wildman–Crippen LogP) is 2.46. The lowest BCUT2D eigenvalue weighted by molar-refractivity contribution is -0.114. The van der Waals surface area contributed by atoms with Crippen LogP contribution in [0.25, 0.3) is 0 Å². The summed E-state index contributed by atoms with van der Waals surface area (Å²) in [6.45, 7) is 6.05. The molecule has 0 radical (unpaired) electrons. The number of rotatable bonds is 9. The summed E-state index contributed by atoms with van der Waals surface area (Å²) >= 11 is 1.44. The third-order valence-electron chi connectivity index (χ3n) is 2.86. The third kappa shape index (κ3) is 6.90. The lowest BCUT2D eigenvalue weighted by Gasteiger charge is -2.12. The Balaban J connectivity index is 2.77. The molecule has 23 heavy (non-hydrogen) atoms. The number of thioether (sulfide) groups is 1. The zero-order valence-electron chi connectivity index (χ0n) is 13.9. The monoisotopic (exact) mass is 360 g/mol. The summed E-state index contributed by atoms with van der Waals surface area (Å²) < 4.78 is 32.5. The van der Waals surface area contributed by atoms with Crippen LogP contribution in [0.1, 0.15) is 27.2 Å². The highest BCUT2D eigenvalue weighted by atomic mass is 32.2. The van der Waals surface area contributed by atoms with E-state index in [1.54, 1.807) is 6.07 Å². The van der Waals surface area contributed by atoms with E-state index in [-0.39, 0.29) is 16.9 Å². The molecule has 0 heterocycles. The van der Waals surface area contributed by atoms with Gasteiger partial charge in [0.15, 0.2) is 0 Å². The van der Waals surface area contributed by atoms with Crippen LogP contribution in [0.3, 0.4) is 0 Å². The van der Waals surface area contributed by atoms with Crippen molar-refractivity contribution < 1.29 is 17.9 Å². The minimum absolute atomic E-state index is 0.129. The standard InChI is InChI=1S/C15H24N2O4S2/c1-11(2)21-9-5-8-16-23(19,20)13-6-7-15(22-4)14(10-13)17-12(3)18/h6-7,10-11,16H,5,8-9H2,1-4H3,(H,17,18). The molecule has 0 aliphatic carbocycles. The van der Waals surface area contributed by atoms with Crippen LogP contribution in [0, 0.1) is 0 Å². The van der Waals surface area contributed by atoms with Crippen molar-refractivity contribution >= 4 is 33.4 Å². The highest BCUT2D eigenvalue weighted by Crippen LogP contribution is 2.28. The van der Waals surface area contributed by atoms with Gasteiger partial charge >= 0.3 is 0 Å². The lowest BCUT2D eigenvalue weighted by Crippen LogP contribution is -2.26. The van der Waals surface area contributed by atoms with Crippen molar-refractivity contribution in [2.24, 2.45) is 0 Å². The van der Waals surface area contributed by atoms with Crippen LogP contribution in [0.4, 0.5) is 5.69 Å². The van der Waals surface area contributed by atoms with Crippen molar-refractivity contribution in [3.8, 4) is 0 Å².